The Labute approximate surface area is 130 Å². The van der Waals surface area contributed by atoms with E-state index in [4.69, 9.17) is 4.74 Å². The Morgan fingerprint density at radius 2 is 1.95 bits per heavy atom. The number of hydrogen-bond acceptors (Lipinski definition) is 4. The number of fused-ring (bicyclic) bond motifs is 1. The van der Waals surface area contributed by atoms with Crippen molar-refractivity contribution >= 4 is 16.7 Å². The molecule has 118 valence electrons. The number of nitrogens with one attached hydrogen (secondary N) is 1. The van der Waals surface area contributed by atoms with Crippen molar-refractivity contribution in [2.24, 2.45) is 0 Å². The highest BCUT2D eigenvalue weighted by Gasteiger charge is 2.12. The van der Waals surface area contributed by atoms with Gasteiger partial charge in [-0.1, -0.05) is 31.7 Å². The Hall–Kier alpha value is -1.75. The van der Waals surface area contributed by atoms with Gasteiger partial charge in [0, 0.05) is 6.54 Å². The van der Waals surface area contributed by atoms with E-state index in [1.807, 2.05) is 0 Å². The number of ether oxygens (including phenoxy) is 1. The third-order valence-electron chi connectivity index (χ3n) is 4.16. The summed E-state index contributed by atoms with van der Waals surface area (Å²) in [5.41, 5.74) is 0.613. The lowest BCUT2D eigenvalue weighted by Gasteiger charge is -2.16. The summed E-state index contributed by atoms with van der Waals surface area (Å²) < 4.78 is 19.9. The first-order chi connectivity index (χ1) is 10.8. The summed E-state index contributed by atoms with van der Waals surface area (Å²) >= 11 is 0. The van der Waals surface area contributed by atoms with Crippen molar-refractivity contribution in [2.45, 2.75) is 44.6 Å². The summed E-state index contributed by atoms with van der Waals surface area (Å²) in [5, 5.41) is 3.61. The number of hydrogen-bond donors (Lipinski definition) is 1. The average Bonchev–Trinajstić information content (AvgIpc) is 2.80. The molecule has 1 aromatic carbocycles. The van der Waals surface area contributed by atoms with Crippen molar-refractivity contribution in [3.8, 4) is 0 Å². The molecule has 5 heteroatoms. The first-order valence-electron chi connectivity index (χ1n) is 8.09. The van der Waals surface area contributed by atoms with Crippen molar-refractivity contribution in [3.63, 3.8) is 0 Å². The summed E-state index contributed by atoms with van der Waals surface area (Å²) in [6.07, 6.45) is 9.32. The second kappa shape index (κ2) is 7.49. The quantitative estimate of drug-likeness (QED) is 0.672. The number of rotatable bonds is 5. The Bertz CT molecular complexity index is 607. The normalized spacial score (nSPS) is 16.6. The van der Waals surface area contributed by atoms with Crippen LogP contribution in [0.15, 0.2) is 24.5 Å². The van der Waals surface area contributed by atoms with Crippen molar-refractivity contribution in [1.82, 2.24) is 9.97 Å². The minimum absolute atomic E-state index is 0.301. The standard InChI is InChI=1S/C17H22FN3O/c18-14-8-5-9-15-16(14)17(21-12-20-15)19-10-11-22-13-6-3-1-2-4-7-13/h5,8-9,12-13H,1-4,6-7,10-11H2,(H,19,20,21). The van der Waals surface area contributed by atoms with E-state index in [0.29, 0.717) is 36.0 Å². The van der Waals surface area contributed by atoms with Gasteiger partial charge in [-0.15, -0.1) is 0 Å². The molecule has 0 radical (unpaired) electrons. The predicted molar refractivity (Wildman–Crippen MR) is 85.4 cm³/mol. The molecule has 0 bridgehead atoms. The van der Waals surface area contributed by atoms with E-state index >= 15 is 0 Å². The zero-order valence-electron chi connectivity index (χ0n) is 12.7. The van der Waals surface area contributed by atoms with Crippen LogP contribution in [0.5, 0.6) is 0 Å². The number of nitrogens with zero attached hydrogens (tertiary/aromatic N) is 2. The molecule has 0 spiro atoms. The Kier molecular flexibility index (Phi) is 5.16. The van der Waals surface area contributed by atoms with Crippen LogP contribution in [0.3, 0.4) is 0 Å². The second-order valence-corrected chi connectivity index (χ2v) is 5.77. The first kappa shape index (κ1) is 15.2. The Morgan fingerprint density at radius 3 is 2.77 bits per heavy atom. The van der Waals surface area contributed by atoms with Gasteiger partial charge >= 0.3 is 0 Å². The topological polar surface area (TPSA) is 47.0 Å². The van der Waals surface area contributed by atoms with Gasteiger partial charge in [-0.05, 0) is 25.0 Å². The largest absolute Gasteiger partial charge is 0.376 e. The third kappa shape index (κ3) is 3.71. The van der Waals surface area contributed by atoms with Crippen LogP contribution in [0.2, 0.25) is 0 Å². The summed E-state index contributed by atoms with van der Waals surface area (Å²) in [6, 6.07) is 4.87. The molecule has 1 saturated carbocycles. The predicted octanol–water partition coefficient (Wildman–Crippen LogP) is 3.92. The summed E-state index contributed by atoms with van der Waals surface area (Å²) in [5.74, 6) is 0.234. The maximum atomic E-state index is 13.9. The molecule has 2 aromatic rings. The molecular formula is C17H22FN3O. The van der Waals surface area contributed by atoms with Crippen LogP contribution in [0.25, 0.3) is 10.9 Å². The van der Waals surface area contributed by atoms with Crippen molar-refractivity contribution in [2.75, 3.05) is 18.5 Å². The van der Waals surface area contributed by atoms with Crippen LogP contribution < -0.4 is 5.32 Å². The zero-order chi connectivity index (χ0) is 15.2. The molecule has 0 saturated heterocycles. The van der Waals surface area contributed by atoms with Crippen LogP contribution >= 0.6 is 0 Å². The van der Waals surface area contributed by atoms with Gasteiger partial charge in [-0.2, -0.15) is 0 Å². The average molecular weight is 303 g/mol. The molecule has 4 nitrogen and oxygen atoms in total. The first-order valence-corrected chi connectivity index (χ1v) is 8.09. The van der Waals surface area contributed by atoms with Crippen LogP contribution in [-0.4, -0.2) is 29.2 Å². The highest BCUT2D eigenvalue weighted by Crippen LogP contribution is 2.22. The maximum absolute atomic E-state index is 13.9. The van der Waals surface area contributed by atoms with Crippen molar-refractivity contribution in [1.29, 1.82) is 0 Å². The molecule has 0 unspecified atom stereocenters. The lowest BCUT2D eigenvalue weighted by molar-refractivity contribution is 0.0501. The lowest BCUT2D eigenvalue weighted by atomic mass is 10.1. The Morgan fingerprint density at radius 1 is 1.14 bits per heavy atom. The molecule has 0 aliphatic heterocycles. The summed E-state index contributed by atoms with van der Waals surface area (Å²) in [7, 11) is 0. The van der Waals surface area contributed by atoms with Gasteiger partial charge in [0.05, 0.1) is 23.6 Å². The van der Waals surface area contributed by atoms with Gasteiger partial charge in [-0.25, -0.2) is 14.4 Å². The molecule has 1 fully saturated rings. The van der Waals surface area contributed by atoms with Gasteiger partial charge in [0.2, 0.25) is 0 Å². The zero-order valence-corrected chi connectivity index (χ0v) is 12.7. The van der Waals surface area contributed by atoms with Crippen LogP contribution in [0.1, 0.15) is 38.5 Å². The molecule has 1 aromatic heterocycles. The smallest absolute Gasteiger partial charge is 0.140 e. The van der Waals surface area contributed by atoms with E-state index in [9.17, 15) is 4.39 Å². The molecule has 3 rings (SSSR count). The molecule has 1 N–H and O–H groups in total. The Balaban J connectivity index is 1.55. The van der Waals surface area contributed by atoms with Gasteiger partial charge in [0.25, 0.3) is 0 Å². The SMILES string of the molecule is Fc1cccc2ncnc(NCCOC3CCCCCC3)c12. The van der Waals surface area contributed by atoms with Gasteiger partial charge in [0.1, 0.15) is 18.0 Å². The lowest BCUT2D eigenvalue weighted by Crippen LogP contribution is -2.18. The molecule has 1 aliphatic carbocycles. The van der Waals surface area contributed by atoms with Crippen molar-refractivity contribution < 1.29 is 9.13 Å². The highest BCUT2D eigenvalue weighted by molar-refractivity contribution is 5.89. The third-order valence-corrected chi connectivity index (χ3v) is 4.16. The van der Waals surface area contributed by atoms with Gasteiger partial charge in [-0.3, -0.25) is 0 Å². The van der Waals surface area contributed by atoms with E-state index in [0.717, 1.165) is 12.8 Å². The molecule has 1 heterocycles. The minimum atomic E-state index is -0.301. The summed E-state index contributed by atoms with van der Waals surface area (Å²) in [4.78, 5) is 8.24. The van der Waals surface area contributed by atoms with Crippen LogP contribution in [0.4, 0.5) is 10.2 Å². The fourth-order valence-electron chi connectivity index (χ4n) is 3.01. The monoisotopic (exact) mass is 303 g/mol. The van der Waals surface area contributed by atoms with E-state index < -0.39 is 0 Å². The van der Waals surface area contributed by atoms with Gasteiger partial charge < -0.3 is 10.1 Å². The molecule has 22 heavy (non-hydrogen) atoms. The number of aromatic nitrogens is 2. The number of benzene rings is 1. The van der Waals surface area contributed by atoms with Crippen molar-refractivity contribution in [3.05, 3.63) is 30.3 Å². The van der Waals surface area contributed by atoms with Gasteiger partial charge in [0.15, 0.2) is 0 Å². The maximum Gasteiger partial charge on any atom is 0.140 e. The van der Waals surface area contributed by atoms with Crippen LogP contribution in [0, 0.1) is 5.82 Å². The minimum Gasteiger partial charge on any atom is -0.376 e. The van der Waals surface area contributed by atoms with E-state index in [1.54, 1.807) is 12.1 Å². The van der Waals surface area contributed by atoms with E-state index in [1.165, 1.54) is 38.1 Å². The van der Waals surface area contributed by atoms with E-state index in [-0.39, 0.29) is 5.82 Å². The number of anilines is 1. The molecule has 0 atom stereocenters. The highest BCUT2D eigenvalue weighted by atomic mass is 19.1. The summed E-state index contributed by atoms with van der Waals surface area (Å²) in [6.45, 7) is 1.24. The van der Waals surface area contributed by atoms with Crippen LogP contribution in [-0.2, 0) is 4.74 Å². The molecule has 0 amide bonds. The second-order valence-electron chi connectivity index (χ2n) is 5.77. The van der Waals surface area contributed by atoms with E-state index in [2.05, 4.69) is 15.3 Å². The molecular weight excluding hydrogens is 281 g/mol. The fourth-order valence-corrected chi connectivity index (χ4v) is 3.01. The molecule has 1 aliphatic rings. The number of halogens is 1. The fraction of sp³-hybridized carbons (Fsp3) is 0.529.